The van der Waals surface area contributed by atoms with Crippen LogP contribution in [0.4, 0.5) is 0 Å². The minimum absolute atomic E-state index is 0.0994. The molecule has 3 aromatic carbocycles. The van der Waals surface area contributed by atoms with Gasteiger partial charge in [0.15, 0.2) is 5.78 Å². The van der Waals surface area contributed by atoms with E-state index in [1.165, 1.54) is 11.3 Å². The molecule has 0 radical (unpaired) electrons. The quantitative estimate of drug-likeness (QED) is 0.479. The van der Waals surface area contributed by atoms with Crippen LogP contribution in [0.25, 0.3) is 20.5 Å². The zero-order valence-electron chi connectivity index (χ0n) is 14.5. The number of thiophene rings is 1. The molecular weight excluding hydrogens is 360 g/mol. The van der Waals surface area contributed by atoms with Gasteiger partial charge in [-0.3, -0.25) is 4.79 Å². The van der Waals surface area contributed by atoms with Crippen LogP contribution in [0, 0.1) is 0 Å². The number of carbonyl (C=O) groups is 1. The van der Waals surface area contributed by atoms with E-state index in [-0.39, 0.29) is 17.3 Å². The van der Waals surface area contributed by atoms with Crippen molar-refractivity contribution < 1.29 is 19.7 Å². The molecule has 0 aliphatic heterocycles. The zero-order chi connectivity index (χ0) is 19.0. The maximum absolute atomic E-state index is 13.3. The smallest absolute Gasteiger partial charge is 0.195 e. The predicted molar refractivity (Wildman–Crippen MR) is 107 cm³/mol. The predicted octanol–water partition coefficient (Wildman–Crippen LogP) is 5.22. The molecule has 0 saturated heterocycles. The van der Waals surface area contributed by atoms with Crippen LogP contribution in [-0.4, -0.2) is 23.1 Å². The lowest BCUT2D eigenvalue weighted by Gasteiger charge is -2.06. The summed E-state index contributed by atoms with van der Waals surface area (Å²) in [7, 11) is 1.58. The highest BCUT2D eigenvalue weighted by atomic mass is 32.1. The molecule has 0 bridgehead atoms. The third-order valence-corrected chi connectivity index (χ3v) is 5.58. The first-order chi connectivity index (χ1) is 13.1. The molecular formula is C22H16O4S. The number of ketones is 1. The van der Waals surface area contributed by atoms with E-state index in [1.807, 2.05) is 0 Å². The summed E-state index contributed by atoms with van der Waals surface area (Å²) in [6.07, 6.45) is 0. The summed E-state index contributed by atoms with van der Waals surface area (Å²) in [5.41, 5.74) is 1.99. The molecule has 27 heavy (non-hydrogen) atoms. The highest BCUT2D eigenvalue weighted by Gasteiger charge is 2.21. The number of benzene rings is 3. The molecule has 0 fully saturated rings. The van der Waals surface area contributed by atoms with Gasteiger partial charge in [-0.2, -0.15) is 0 Å². The van der Waals surface area contributed by atoms with E-state index in [4.69, 9.17) is 4.74 Å². The van der Waals surface area contributed by atoms with Crippen LogP contribution >= 0.6 is 11.3 Å². The SMILES string of the molecule is COc1ccc(C(=O)c2c(-c3ccc(O)cc3)sc3cc(O)ccc23)cc1. The number of phenols is 2. The van der Waals surface area contributed by atoms with Crippen LogP contribution in [0.15, 0.2) is 66.7 Å². The Hall–Kier alpha value is -3.31. The van der Waals surface area contributed by atoms with Crippen LogP contribution in [0.3, 0.4) is 0 Å². The molecule has 0 saturated carbocycles. The second-order valence-electron chi connectivity index (χ2n) is 6.09. The van der Waals surface area contributed by atoms with Crippen molar-refractivity contribution in [3.05, 3.63) is 77.9 Å². The van der Waals surface area contributed by atoms with Crippen LogP contribution < -0.4 is 4.74 Å². The largest absolute Gasteiger partial charge is 0.508 e. The Kier molecular flexibility index (Phi) is 4.30. The maximum atomic E-state index is 13.3. The number of rotatable bonds is 4. The molecule has 4 aromatic rings. The highest BCUT2D eigenvalue weighted by molar-refractivity contribution is 7.22. The van der Waals surface area contributed by atoms with Gasteiger partial charge in [-0.15, -0.1) is 11.3 Å². The number of carbonyl (C=O) groups excluding carboxylic acids is 1. The molecule has 4 nitrogen and oxygen atoms in total. The fourth-order valence-corrected chi connectivity index (χ4v) is 4.25. The van der Waals surface area contributed by atoms with E-state index >= 15 is 0 Å². The van der Waals surface area contributed by atoms with Gasteiger partial charge in [0, 0.05) is 26.1 Å². The topological polar surface area (TPSA) is 66.8 Å². The number of aromatic hydroxyl groups is 2. The van der Waals surface area contributed by atoms with E-state index in [9.17, 15) is 15.0 Å². The molecule has 0 aliphatic rings. The van der Waals surface area contributed by atoms with E-state index in [1.54, 1.807) is 73.8 Å². The van der Waals surface area contributed by atoms with Crippen LogP contribution in [0.5, 0.6) is 17.2 Å². The second kappa shape index (κ2) is 6.78. The summed E-state index contributed by atoms with van der Waals surface area (Å²) in [6.45, 7) is 0. The lowest BCUT2D eigenvalue weighted by Crippen LogP contribution is -2.02. The number of phenolic OH excluding ortho intramolecular Hbond substituents is 2. The maximum Gasteiger partial charge on any atom is 0.195 e. The summed E-state index contributed by atoms with van der Waals surface area (Å²) in [5, 5.41) is 20.2. The normalized spacial score (nSPS) is 10.9. The number of fused-ring (bicyclic) bond motifs is 1. The van der Waals surface area contributed by atoms with E-state index in [0.29, 0.717) is 16.9 Å². The van der Waals surface area contributed by atoms with Crippen molar-refractivity contribution in [3.63, 3.8) is 0 Å². The molecule has 2 N–H and O–H groups in total. The Balaban J connectivity index is 1.92. The van der Waals surface area contributed by atoms with Crippen molar-refractivity contribution in [3.8, 4) is 27.7 Å². The molecule has 0 atom stereocenters. The molecule has 134 valence electrons. The Bertz CT molecular complexity index is 1130. The molecule has 1 aromatic heterocycles. The monoisotopic (exact) mass is 376 g/mol. The Morgan fingerprint density at radius 3 is 2.22 bits per heavy atom. The standard InChI is InChI=1S/C22H16O4S/c1-26-17-9-4-13(5-10-17)21(25)20-18-11-8-16(24)12-19(18)27-22(20)14-2-6-15(23)7-3-14/h2-12,23-24H,1H3. The van der Waals surface area contributed by atoms with Crippen molar-refractivity contribution in [2.45, 2.75) is 0 Å². The summed E-state index contributed by atoms with van der Waals surface area (Å²) in [5.74, 6) is 0.910. The first-order valence-corrected chi connectivity index (χ1v) is 9.12. The Morgan fingerprint density at radius 2 is 1.56 bits per heavy atom. The Morgan fingerprint density at radius 1 is 0.889 bits per heavy atom. The molecule has 0 spiro atoms. The van der Waals surface area contributed by atoms with E-state index < -0.39 is 0 Å². The van der Waals surface area contributed by atoms with Gasteiger partial charge in [0.05, 0.1) is 7.11 Å². The zero-order valence-corrected chi connectivity index (χ0v) is 15.3. The van der Waals surface area contributed by atoms with Crippen molar-refractivity contribution >= 4 is 27.2 Å². The van der Waals surface area contributed by atoms with Gasteiger partial charge >= 0.3 is 0 Å². The van der Waals surface area contributed by atoms with Gasteiger partial charge in [-0.05, 0) is 72.3 Å². The van der Waals surface area contributed by atoms with Gasteiger partial charge < -0.3 is 14.9 Å². The van der Waals surface area contributed by atoms with Gasteiger partial charge in [0.25, 0.3) is 0 Å². The van der Waals surface area contributed by atoms with Gasteiger partial charge in [0.2, 0.25) is 0 Å². The van der Waals surface area contributed by atoms with Crippen LogP contribution in [0.2, 0.25) is 0 Å². The third-order valence-electron chi connectivity index (χ3n) is 4.38. The number of hydrogen-bond donors (Lipinski definition) is 2. The number of hydrogen-bond acceptors (Lipinski definition) is 5. The Labute approximate surface area is 159 Å². The van der Waals surface area contributed by atoms with Crippen molar-refractivity contribution in [1.29, 1.82) is 0 Å². The average Bonchev–Trinajstić information content (AvgIpc) is 3.06. The fourth-order valence-electron chi connectivity index (χ4n) is 3.01. The lowest BCUT2D eigenvalue weighted by atomic mass is 9.97. The van der Waals surface area contributed by atoms with Gasteiger partial charge in [0.1, 0.15) is 17.2 Å². The molecule has 5 heteroatoms. The van der Waals surface area contributed by atoms with E-state index in [2.05, 4.69) is 0 Å². The molecule has 4 rings (SSSR count). The first-order valence-electron chi connectivity index (χ1n) is 8.30. The van der Waals surface area contributed by atoms with Crippen LogP contribution in [0.1, 0.15) is 15.9 Å². The van der Waals surface area contributed by atoms with Crippen LogP contribution in [-0.2, 0) is 0 Å². The minimum Gasteiger partial charge on any atom is -0.508 e. The number of methoxy groups -OCH3 is 1. The summed E-state index contributed by atoms with van der Waals surface area (Å²) >= 11 is 1.44. The summed E-state index contributed by atoms with van der Waals surface area (Å²) < 4.78 is 6.00. The molecule has 1 heterocycles. The third kappa shape index (κ3) is 3.13. The van der Waals surface area contributed by atoms with Crippen molar-refractivity contribution in [1.82, 2.24) is 0 Å². The molecule has 0 aliphatic carbocycles. The highest BCUT2D eigenvalue weighted by Crippen LogP contribution is 2.41. The number of ether oxygens (including phenoxy) is 1. The average molecular weight is 376 g/mol. The summed E-state index contributed by atoms with van der Waals surface area (Å²) in [4.78, 5) is 14.1. The van der Waals surface area contributed by atoms with Gasteiger partial charge in [-0.1, -0.05) is 0 Å². The van der Waals surface area contributed by atoms with Crippen molar-refractivity contribution in [2.24, 2.45) is 0 Å². The summed E-state index contributed by atoms with van der Waals surface area (Å²) in [6, 6.07) is 18.8. The van der Waals surface area contributed by atoms with Crippen molar-refractivity contribution in [2.75, 3.05) is 7.11 Å². The minimum atomic E-state index is -0.0994. The lowest BCUT2D eigenvalue weighted by molar-refractivity contribution is 0.104. The molecule has 0 unspecified atom stereocenters. The second-order valence-corrected chi connectivity index (χ2v) is 7.14. The van der Waals surface area contributed by atoms with Gasteiger partial charge in [-0.25, -0.2) is 0 Å². The first kappa shape index (κ1) is 17.1. The van der Waals surface area contributed by atoms with E-state index in [0.717, 1.165) is 20.5 Å². The fraction of sp³-hybridized carbons (Fsp3) is 0.0455. The molecule has 0 amide bonds.